The molecule has 1 aromatic rings. The van der Waals surface area contributed by atoms with Crippen LogP contribution in [0, 0.1) is 5.92 Å². The van der Waals surface area contributed by atoms with Crippen molar-refractivity contribution in [2.75, 3.05) is 18.5 Å². The summed E-state index contributed by atoms with van der Waals surface area (Å²) < 4.78 is 5.39. The van der Waals surface area contributed by atoms with Gasteiger partial charge in [0.25, 0.3) is 0 Å². The van der Waals surface area contributed by atoms with E-state index in [1.54, 1.807) is 0 Å². The summed E-state index contributed by atoms with van der Waals surface area (Å²) >= 11 is 0. The number of ether oxygens (including phenoxy) is 1. The molecule has 1 N–H and O–H groups in total. The molecule has 1 saturated heterocycles. The molecule has 0 spiro atoms. The molecule has 0 unspecified atom stereocenters. The minimum Gasteiger partial charge on any atom is -0.381 e. The minimum atomic E-state index is -0.349. The monoisotopic (exact) mass is 332 g/mol. The summed E-state index contributed by atoms with van der Waals surface area (Å²) in [6, 6.07) is 0.366. The molecule has 0 atom stereocenters. The Balaban J connectivity index is 1.76. The van der Waals surface area contributed by atoms with Crippen LogP contribution >= 0.6 is 0 Å². The van der Waals surface area contributed by atoms with Gasteiger partial charge in [-0.15, -0.1) is 0 Å². The first-order valence-corrected chi connectivity index (χ1v) is 8.89. The lowest BCUT2D eigenvalue weighted by Crippen LogP contribution is -2.40. The van der Waals surface area contributed by atoms with E-state index in [9.17, 15) is 4.79 Å². The van der Waals surface area contributed by atoms with E-state index in [-0.39, 0.29) is 11.4 Å². The second-order valence-corrected chi connectivity index (χ2v) is 7.72. The molecule has 0 aliphatic carbocycles. The lowest BCUT2D eigenvalue weighted by molar-refractivity contribution is -0.137. The quantitative estimate of drug-likeness (QED) is 0.918. The number of nitrogens with one attached hydrogen (secondary N) is 1. The molecule has 0 saturated carbocycles. The van der Waals surface area contributed by atoms with Crippen LogP contribution in [-0.2, 0) is 21.6 Å². The summed E-state index contributed by atoms with van der Waals surface area (Å²) in [6.45, 7) is 10.4. The normalized spacial score (nSPS) is 20.3. The number of fused-ring (bicyclic) bond motifs is 1. The van der Waals surface area contributed by atoms with Crippen molar-refractivity contribution >= 4 is 11.9 Å². The summed E-state index contributed by atoms with van der Waals surface area (Å²) in [6.07, 6.45) is 4.40. The minimum absolute atomic E-state index is 0.187. The van der Waals surface area contributed by atoms with Crippen molar-refractivity contribution in [1.29, 1.82) is 0 Å². The third-order valence-corrected chi connectivity index (χ3v) is 4.95. The predicted octanol–water partition coefficient (Wildman–Crippen LogP) is 2.69. The van der Waals surface area contributed by atoms with Gasteiger partial charge in [0.05, 0.1) is 17.8 Å². The molecule has 3 heterocycles. The average Bonchev–Trinajstić information content (AvgIpc) is 2.78. The summed E-state index contributed by atoms with van der Waals surface area (Å²) in [7, 11) is 0. The van der Waals surface area contributed by atoms with E-state index in [0.29, 0.717) is 30.9 Å². The number of amides is 1. The molecule has 0 bridgehead atoms. The Morgan fingerprint density at radius 1 is 1.42 bits per heavy atom. The molecule has 0 aromatic carbocycles. The van der Waals surface area contributed by atoms with Gasteiger partial charge in [0, 0.05) is 37.4 Å². The SMILES string of the molecule is CC(C)CC(=O)N1Cc2nc(NC3CCOCC3)ncc2C1(C)C. The molecule has 3 rings (SSSR count). The zero-order valence-corrected chi connectivity index (χ0v) is 15.1. The third kappa shape index (κ3) is 3.38. The highest BCUT2D eigenvalue weighted by Crippen LogP contribution is 2.38. The Morgan fingerprint density at radius 3 is 2.79 bits per heavy atom. The van der Waals surface area contributed by atoms with Gasteiger partial charge in [-0.1, -0.05) is 13.8 Å². The van der Waals surface area contributed by atoms with E-state index < -0.39 is 0 Å². The Hall–Kier alpha value is -1.69. The van der Waals surface area contributed by atoms with E-state index in [2.05, 4.69) is 38.0 Å². The smallest absolute Gasteiger partial charge is 0.223 e. The first-order valence-electron chi connectivity index (χ1n) is 8.89. The molecule has 1 amide bonds. The van der Waals surface area contributed by atoms with Crippen molar-refractivity contribution in [3.05, 3.63) is 17.5 Å². The van der Waals surface area contributed by atoms with Crippen LogP contribution in [0.5, 0.6) is 0 Å². The van der Waals surface area contributed by atoms with Crippen LogP contribution in [0.2, 0.25) is 0 Å². The van der Waals surface area contributed by atoms with E-state index in [0.717, 1.165) is 37.3 Å². The van der Waals surface area contributed by atoms with Crippen molar-refractivity contribution in [2.24, 2.45) is 5.92 Å². The molecule has 0 radical (unpaired) electrons. The van der Waals surface area contributed by atoms with Crippen LogP contribution in [0.4, 0.5) is 5.95 Å². The summed E-state index contributed by atoms with van der Waals surface area (Å²) in [4.78, 5) is 23.7. The molecule has 1 aromatic heterocycles. The number of aromatic nitrogens is 2. The number of rotatable bonds is 4. The van der Waals surface area contributed by atoms with Crippen molar-refractivity contribution in [3.63, 3.8) is 0 Å². The van der Waals surface area contributed by atoms with Crippen LogP contribution in [-0.4, -0.2) is 40.0 Å². The van der Waals surface area contributed by atoms with Gasteiger partial charge in [-0.25, -0.2) is 9.97 Å². The molecule has 1 fully saturated rings. The summed E-state index contributed by atoms with van der Waals surface area (Å²) in [5.41, 5.74) is 1.66. The molecule has 6 heteroatoms. The van der Waals surface area contributed by atoms with Crippen LogP contribution in [0.3, 0.4) is 0 Å². The molecule has 132 valence electrons. The van der Waals surface area contributed by atoms with E-state index in [4.69, 9.17) is 9.72 Å². The molecular weight excluding hydrogens is 304 g/mol. The fraction of sp³-hybridized carbons (Fsp3) is 0.722. The number of nitrogens with zero attached hydrogens (tertiary/aromatic N) is 3. The molecule has 6 nitrogen and oxygen atoms in total. The molecule has 24 heavy (non-hydrogen) atoms. The average molecular weight is 332 g/mol. The summed E-state index contributed by atoms with van der Waals surface area (Å²) in [5, 5.41) is 3.41. The maximum Gasteiger partial charge on any atom is 0.223 e. The zero-order valence-electron chi connectivity index (χ0n) is 15.1. The van der Waals surface area contributed by atoms with Gasteiger partial charge in [-0.05, 0) is 32.6 Å². The van der Waals surface area contributed by atoms with Crippen molar-refractivity contribution in [2.45, 2.75) is 65.1 Å². The van der Waals surface area contributed by atoms with Crippen molar-refractivity contribution in [1.82, 2.24) is 14.9 Å². The van der Waals surface area contributed by atoms with Gasteiger partial charge >= 0.3 is 0 Å². The van der Waals surface area contributed by atoms with Crippen molar-refractivity contribution < 1.29 is 9.53 Å². The number of anilines is 1. The lowest BCUT2D eigenvalue weighted by Gasteiger charge is -2.32. The van der Waals surface area contributed by atoms with Gasteiger partial charge < -0.3 is 15.0 Å². The molecular formula is C18H28N4O2. The van der Waals surface area contributed by atoms with Gasteiger partial charge in [0.15, 0.2) is 0 Å². The van der Waals surface area contributed by atoms with Gasteiger partial charge in [-0.3, -0.25) is 4.79 Å². The van der Waals surface area contributed by atoms with E-state index >= 15 is 0 Å². The Labute approximate surface area is 144 Å². The first kappa shape index (κ1) is 17.1. The van der Waals surface area contributed by atoms with Gasteiger partial charge in [0.1, 0.15) is 0 Å². The number of carbonyl (C=O) groups is 1. The number of hydrogen-bond acceptors (Lipinski definition) is 5. The van der Waals surface area contributed by atoms with Crippen LogP contribution in [0.25, 0.3) is 0 Å². The predicted molar refractivity (Wildman–Crippen MR) is 92.5 cm³/mol. The fourth-order valence-electron chi connectivity index (χ4n) is 3.49. The standard InChI is InChI=1S/C18H28N4O2/c1-12(2)9-16(23)22-11-15-14(18(22,3)4)10-19-17(21-15)20-13-5-7-24-8-6-13/h10,12-13H,5-9,11H2,1-4H3,(H,19,20,21). The second-order valence-electron chi connectivity index (χ2n) is 7.72. The molecule has 2 aliphatic heterocycles. The Kier molecular flexibility index (Phi) is 4.76. The van der Waals surface area contributed by atoms with Crippen LogP contribution in [0.1, 0.15) is 58.2 Å². The molecule has 2 aliphatic rings. The van der Waals surface area contributed by atoms with Crippen LogP contribution in [0.15, 0.2) is 6.20 Å². The largest absolute Gasteiger partial charge is 0.381 e. The highest BCUT2D eigenvalue weighted by molar-refractivity contribution is 5.78. The highest BCUT2D eigenvalue weighted by atomic mass is 16.5. The Morgan fingerprint density at radius 2 is 2.12 bits per heavy atom. The summed E-state index contributed by atoms with van der Waals surface area (Å²) in [5.74, 6) is 1.20. The van der Waals surface area contributed by atoms with Crippen molar-refractivity contribution in [3.8, 4) is 0 Å². The maximum absolute atomic E-state index is 12.6. The lowest BCUT2D eigenvalue weighted by atomic mass is 9.96. The topological polar surface area (TPSA) is 67.4 Å². The van der Waals surface area contributed by atoms with Gasteiger partial charge in [-0.2, -0.15) is 0 Å². The van der Waals surface area contributed by atoms with E-state index in [1.807, 2.05) is 11.1 Å². The third-order valence-electron chi connectivity index (χ3n) is 4.95. The van der Waals surface area contributed by atoms with Gasteiger partial charge in [0.2, 0.25) is 11.9 Å². The number of carbonyl (C=O) groups excluding carboxylic acids is 1. The van der Waals surface area contributed by atoms with Crippen LogP contribution < -0.4 is 5.32 Å². The fourth-order valence-corrected chi connectivity index (χ4v) is 3.49. The zero-order chi connectivity index (χ0) is 17.3. The highest BCUT2D eigenvalue weighted by Gasteiger charge is 2.41. The Bertz CT molecular complexity index is 609. The first-order chi connectivity index (χ1) is 11.4. The number of hydrogen-bond donors (Lipinski definition) is 1. The maximum atomic E-state index is 12.6. The second kappa shape index (κ2) is 6.67. The van der Waals surface area contributed by atoms with E-state index in [1.165, 1.54) is 0 Å².